The Labute approximate surface area is 99.0 Å². The fraction of sp³-hybridized carbons (Fsp3) is 0.385. The summed E-state index contributed by atoms with van der Waals surface area (Å²) in [7, 11) is 0. The van der Waals surface area contributed by atoms with Crippen molar-refractivity contribution in [3.63, 3.8) is 0 Å². The molecule has 0 fully saturated rings. The van der Waals surface area contributed by atoms with Gasteiger partial charge >= 0.3 is 0 Å². The molecule has 0 spiro atoms. The Hall–Kier alpha value is -0.600. The minimum atomic E-state index is -0.284. The summed E-state index contributed by atoms with van der Waals surface area (Å²) in [6, 6.07) is 8.15. The van der Waals surface area contributed by atoms with Crippen molar-refractivity contribution in [2.24, 2.45) is 0 Å². The Bertz CT molecular complexity index is 353. The van der Waals surface area contributed by atoms with E-state index >= 15 is 0 Å². The van der Waals surface area contributed by atoms with Crippen LogP contribution in [0.25, 0.3) is 0 Å². The highest BCUT2D eigenvalue weighted by Crippen LogP contribution is 2.23. The van der Waals surface area contributed by atoms with Gasteiger partial charge in [-0.15, -0.1) is 0 Å². The molecule has 2 heteroatoms. The maximum atomic E-state index is 9.99. The van der Waals surface area contributed by atoms with Gasteiger partial charge in [-0.1, -0.05) is 34.1 Å². The number of rotatable bonds is 3. The summed E-state index contributed by atoms with van der Waals surface area (Å²) in [5.41, 5.74) is 2.41. The van der Waals surface area contributed by atoms with Crippen LogP contribution in [0, 0.1) is 0 Å². The Balaban J connectivity index is 1.99. The van der Waals surface area contributed by atoms with Crippen LogP contribution in [0.1, 0.15) is 24.8 Å². The van der Waals surface area contributed by atoms with Crippen LogP contribution < -0.4 is 0 Å². The van der Waals surface area contributed by atoms with Gasteiger partial charge in [0.05, 0.1) is 6.10 Å². The number of aliphatic hydroxyl groups is 1. The number of hydrogen-bond donors (Lipinski definition) is 1. The van der Waals surface area contributed by atoms with Crippen molar-refractivity contribution in [3.05, 3.63) is 46.0 Å². The lowest BCUT2D eigenvalue weighted by atomic mass is 10.0. The molecule has 1 unspecified atom stereocenters. The maximum Gasteiger partial charge on any atom is 0.0790 e. The van der Waals surface area contributed by atoms with Crippen molar-refractivity contribution in [2.45, 2.75) is 31.8 Å². The first-order valence-electron chi connectivity index (χ1n) is 5.37. The van der Waals surface area contributed by atoms with Crippen LogP contribution >= 0.6 is 15.9 Å². The van der Waals surface area contributed by atoms with E-state index < -0.39 is 0 Å². The van der Waals surface area contributed by atoms with Crippen LogP contribution in [0.15, 0.2) is 40.4 Å². The molecule has 15 heavy (non-hydrogen) atoms. The zero-order valence-corrected chi connectivity index (χ0v) is 10.2. The van der Waals surface area contributed by atoms with Gasteiger partial charge in [-0.3, -0.25) is 0 Å². The molecule has 0 bridgehead atoms. The first kappa shape index (κ1) is 10.9. The quantitative estimate of drug-likeness (QED) is 0.831. The molecule has 80 valence electrons. The first-order chi connectivity index (χ1) is 7.25. The van der Waals surface area contributed by atoms with Gasteiger partial charge in [0.25, 0.3) is 0 Å². The summed E-state index contributed by atoms with van der Waals surface area (Å²) in [4.78, 5) is 0. The molecule has 0 radical (unpaired) electrons. The van der Waals surface area contributed by atoms with Gasteiger partial charge in [-0.25, -0.2) is 0 Å². The number of allylic oxidation sites excluding steroid dienone is 1. The van der Waals surface area contributed by atoms with Crippen LogP contribution in [0.4, 0.5) is 0 Å². The lowest BCUT2D eigenvalue weighted by Gasteiger charge is -2.11. The van der Waals surface area contributed by atoms with E-state index in [1.165, 1.54) is 17.6 Å². The van der Waals surface area contributed by atoms with E-state index in [9.17, 15) is 5.11 Å². The highest BCUT2D eigenvalue weighted by atomic mass is 79.9. The van der Waals surface area contributed by atoms with Gasteiger partial charge < -0.3 is 5.11 Å². The van der Waals surface area contributed by atoms with E-state index in [1.54, 1.807) is 0 Å². The van der Waals surface area contributed by atoms with Crippen LogP contribution in [0.2, 0.25) is 0 Å². The lowest BCUT2D eigenvalue weighted by Crippen LogP contribution is -2.12. The molecule has 1 N–H and O–H groups in total. The largest absolute Gasteiger partial charge is 0.388 e. The molecule has 1 atom stereocenters. The van der Waals surface area contributed by atoms with Crippen LogP contribution in [0.3, 0.4) is 0 Å². The van der Waals surface area contributed by atoms with E-state index in [2.05, 4.69) is 34.1 Å². The SMILES string of the molecule is OC(Cc1ccc(Br)cc1)C1=CCCC1. The third-order valence-corrected chi connectivity index (χ3v) is 3.38. The smallest absolute Gasteiger partial charge is 0.0790 e. The second-order valence-electron chi connectivity index (χ2n) is 4.02. The Morgan fingerprint density at radius 2 is 2.00 bits per heavy atom. The van der Waals surface area contributed by atoms with Crippen molar-refractivity contribution in [2.75, 3.05) is 0 Å². The van der Waals surface area contributed by atoms with Crippen molar-refractivity contribution < 1.29 is 5.11 Å². The number of halogens is 1. The zero-order chi connectivity index (χ0) is 10.7. The Morgan fingerprint density at radius 1 is 1.27 bits per heavy atom. The fourth-order valence-electron chi connectivity index (χ4n) is 1.97. The van der Waals surface area contributed by atoms with Gasteiger partial charge in [-0.2, -0.15) is 0 Å². The molecule has 1 aliphatic carbocycles. The Morgan fingerprint density at radius 3 is 2.60 bits per heavy atom. The van der Waals surface area contributed by atoms with Crippen LogP contribution in [0.5, 0.6) is 0 Å². The molecule has 1 aromatic carbocycles. The molecule has 0 aromatic heterocycles. The van der Waals surface area contributed by atoms with Crippen molar-refractivity contribution in [1.82, 2.24) is 0 Å². The highest BCUT2D eigenvalue weighted by Gasteiger charge is 2.14. The van der Waals surface area contributed by atoms with Crippen LogP contribution in [-0.4, -0.2) is 11.2 Å². The fourth-order valence-corrected chi connectivity index (χ4v) is 2.24. The normalized spacial score (nSPS) is 17.6. The van der Waals surface area contributed by atoms with Gasteiger partial charge in [0, 0.05) is 10.9 Å². The van der Waals surface area contributed by atoms with E-state index in [0.717, 1.165) is 23.7 Å². The topological polar surface area (TPSA) is 20.2 Å². The molecule has 0 amide bonds. The van der Waals surface area contributed by atoms with Crippen molar-refractivity contribution in [1.29, 1.82) is 0 Å². The van der Waals surface area contributed by atoms with Crippen molar-refractivity contribution in [3.8, 4) is 0 Å². The first-order valence-corrected chi connectivity index (χ1v) is 6.16. The summed E-state index contributed by atoms with van der Waals surface area (Å²) < 4.78 is 1.08. The van der Waals surface area contributed by atoms with E-state index in [0.29, 0.717) is 0 Å². The molecule has 0 aliphatic heterocycles. The second kappa shape index (κ2) is 4.95. The minimum Gasteiger partial charge on any atom is -0.388 e. The summed E-state index contributed by atoms with van der Waals surface area (Å²) in [5.74, 6) is 0. The molecule has 1 nitrogen and oxygen atoms in total. The van der Waals surface area contributed by atoms with Crippen molar-refractivity contribution >= 4 is 15.9 Å². The maximum absolute atomic E-state index is 9.99. The average Bonchev–Trinajstić information content (AvgIpc) is 2.74. The van der Waals surface area contributed by atoms with E-state index in [-0.39, 0.29) is 6.10 Å². The predicted octanol–water partition coefficient (Wildman–Crippen LogP) is 3.46. The molecular formula is C13H15BrO. The average molecular weight is 267 g/mol. The summed E-state index contributed by atoms with van der Waals surface area (Å²) >= 11 is 3.40. The van der Waals surface area contributed by atoms with Crippen LogP contribution in [-0.2, 0) is 6.42 Å². The van der Waals surface area contributed by atoms with Gasteiger partial charge in [0.15, 0.2) is 0 Å². The zero-order valence-electron chi connectivity index (χ0n) is 8.62. The minimum absolute atomic E-state index is 0.284. The Kier molecular flexibility index (Phi) is 3.60. The lowest BCUT2D eigenvalue weighted by molar-refractivity contribution is 0.208. The molecule has 0 heterocycles. The second-order valence-corrected chi connectivity index (χ2v) is 4.93. The third kappa shape index (κ3) is 2.93. The van der Waals surface area contributed by atoms with E-state index in [1.807, 2.05) is 12.1 Å². The predicted molar refractivity (Wildman–Crippen MR) is 65.8 cm³/mol. The molecule has 0 saturated heterocycles. The molecule has 1 aromatic rings. The molecule has 0 saturated carbocycles. The van der Waals surface area contributed by atoms with Gasteiger partial charge in [0.1, 0.15) is 0 Å². The molecule has 2 rings (SSSR count). The highest BCUT2D eigenvalue weighted by molar-refractivity contribution is 9.10. The summed E-state index contributed by atoms with van der Waals surface area (Å²) in [5, 5.41) is 9.99. The number of benzene rings is 1. The van der Waals surface area contributed by atoms with Gasteiger partial charge in [0.2, 0.25) is 0 Å². The third-order valence-electron chi connectivity index (χ3n) is 2.85. The van der Waals surface area contributed by atoms with E-state index in [4.69, 9.17) is 0 Å². The summed E-state index contributed by atoms with van der Waals surface area (Å²) in [6.07, 6.45) is 6.04. The van der Waals surface area contributed by atoms with Gasteiger partial charge in [-0.05, 0) is 42.5 Å². The molecular weight excluding hydrogens is 252 g/mol. The standard InChI is InChI=1S/C13H15BrO/c14-12-7-5-10(6-8-12)9-13(15)11-3-1-2-4-11/h3,5-8,13,15H,1-2,4,9H2. The number of aliphatic hydroxyl groups excluding tert-OH is 1. The summed E-state index contributed by atoms with van der Waals surface area (Å²) in [6.45, 7) is 0. The monoisotopic (exact) mass is 266 g/mol. The number of hydrogen-bond acceptors (Lipinski definition) is 1. The molecule has 1 aliphatic rings.